The summed E-state index contributed by atoms with van der Waals surface area (Å²) in [5.41, 5.74) is 2.68. The van der Waals surface area contributed by atoms with Gasteiger partial charge in [0.05, 0.1) is 0 Å². The molecule has 1 N–H and O–H groups in total. The van der Waals surface area contributed by atoms with Crippen molar-refractivity contribution in [3.8, 4) is 0 Å². The fourth-order valence-corrected chi connectivity index (χ4v) is 3.31. The third kappa shape index (κ3) is 1.91. The summed E-state index contributed by atoms with van der Waals surface area (Å²) in [6, 6.07) is 5.85. The minimum Gasteiger partial charge on any atom is -0.351 e. The van der Waals surface area contributed by atoms with Crippen molar-refractivity contribution >= 4 is 5.82 Å². The van der Waals surface area contributed by atoms with Gasteiger partial charge in [0, 0.05) is 30.9 Å². The summed E-state index contributed by atoms with van der Waals surface area (Å²) in [5, 5.41) is 3.54. The first-order valence-corrected chi connectivity index (χ1v) is 7.19. The second-order valence-electron chi connectivity index (χ2n) is 5.86. The van der Waals surface area contributed by atoms with Gasteiger partial charge in [-0.15, -0.1) is 0 Å². The fourth-order valence-electron chi connectivity index (χ4n) is 3.31. The van der Waals surface area contributed by atoms with Crippen LogP contribution in [0.25, 0.3) is 0 Å². The smallest absolute Gasteiger partial charge is 0.129 e. The number of hydrogen-bond donors (Lipinski definition) is 1. The van der Waals surface area contributed by atoms with Crippen LogP contribution in [0.1, 0.15) is 44.4 Å². The highest BCUT2D eigenvalue weighted by Gasteiger charge is 2.38. The maximum Gasteiger partial charge on any atom is 0.129 e. The summed E-state index contributed by atoms with van der Waals surface area (Å²) in [6.07, 6.45) is 2.32. The lowest BCUT2D eigenvalue weighted by atomic mass is 10.00. The molecule has 2 atom stereocenters. The highest BCUT2D eigenvalue weighted by molar-refractivity contribution is 5.46. The molecule has 3 nitrogen and oxygen atoms in total. The lowest BCUT2D eigenvalue weighted by molar-refractivity contribution is 0.575. The van der Waals surface area contributed by atoms with Gasteiger partial charge in [0.1, 0.15) is 5.82 Å². The van der Waals surface area contributed by atoms with Gasteiger partial charge in [-0.25, -0.2) is 4.98 Å². The highest BCUT2D eigenvalue weighted by Crippen LogP contribution is 2.30. The molecule has 3 heterocycles. The van der Waals surface area contributed by atoms with Crippen molar-refractivity contribution < 1.29 is 0 Å². The highest BCUT2D eigenvalue weighted by atomic mass is 15.3. The van der Waals surface area contributed by atoms with Gasteiger partial charge in [-0.1, -0.05) is 26.8 Å². The van der Waals surface area contributed by atoms with E-state index in [0.717, 1.165) is 19.5 Å². The Bertz CT molecular complexity index is 441. The maximum absolute atomic E-state index is 4.91. The van der Waals surface area contributed by atoms with E-state index in [-0.39, 0.29) is 0 Å². The lowest BCUT2D eigenvalue weighted by Crippen LogP contribution is -2.44. The van der Waals surface area contributed by atoms with Crippen molar-refractivity contribution in [3.05, 3.63) is 23.4 Å². The fraction of sp³-hybridized carbons (Fsp3) is 0.667. The molecule has 0 aliphatic carbocycles. The topological polar surface area (TPSA) is 28.2 Å². The van der Waals surface area contributed by atoms with Crippen LogP contribution in [0.5, 0.6) is 0 Å². The molecule has 2 fully saturated rings. The first-order valence-electron chi connectivity index (χ1n) is 7.19. The molecule has 0 unspecified atom stereocenters. The standard InChI is InChI=1S/C15H23N3/c1-4-14-13(10(2)3)5-6-15(17-14)18-9-11-7-12(18)8-16-11/h5-6,10-12,16H,4,7-9H2,1-3H3/t11-,12-/m0/s1. The number of rotatable bonds is 3. The Balaban J connectivity index is 1.89. The minimum atomic E-state index is 0.568. The molecule has 0 saturated carbocycles. The van der Waals surface area contributed by atoms with Crippen LogP contribution in [0.2, 0.25) is 0 Å². The summed E-state index contributed by atoms with van der Waals surface area (Å²) >= 11 is 0. The van der Waals surface area contributed by atoms with Gasteiger partial charge in [0.25, 0.3) is 0 Å². The van der Waals surface area contributed by atoms with Gasteiger partial charge in [0.15, 0.2) is 0 Å². The predicted molar refractivity (Wildman–Crippen MR) is 75.2 cm³/mol. The number of pyridine rings is 1. The number of piperazine rings is 1. The summed E-state index contributed by atoms with van der Waals surface area (Å²) in [4.78, 5) is 7.40. The molecule has 0 aromatic carbocycles. The molecule has 0 amide bonds. The van der Waals surface area contributed by atoms with Crippen LogP contribution in [-0.2, 0) is 6.42 Å². The number of anilines is 1. The van der Waals surface area contributed by atoms with E-state index in [0.29, 0.717) is 18.0 Å². The molecular weight excluding hydrogens is 222 g/mol. The number of nitrogens with one attached hydrogen (secondary N) is 1. The predicted octanol–water partition coefficient (Wildman–Crippen LogP) is 2.32. The molecule has 3 heteroatoms. The monoisotopic (exact) mass is 245 g/mol. The number of hydrogen-bond acceptors (Lipinski definition) is 3. The van der Waals surface area contributed by atoms with Crippen LogP contribution >= 0.6 is 0 Å². The molecule has 18 heavy (non-hydrogen) atoms. The van der Waals surface area contributed by atoms with Gasteiger partial charge in [-0.05, 0) is 30.4 Å². The van der Waals surface area contributed by atoms with Crippen molar-refractivity contribution in [1.82, 2.24) is 10.3 Å². The Morgan fingerprint density at radius 1 is 1.44 bits per heavy atom. The summed E-state index contributed by atoms with van der Waals surface area (Å²) in [6.45, 7) is 8.95. The van der Waals surface area contributed by atoms with E-state index < -0.39 is 0 Å². The van der Waals surface area contributed by atoms with E-state index in [1.807, 2.05) is 0 Å². The van der Waals surface area contributed by atoms with E-state index in [1.54, 1.807) is 0 Å². The number of fused-ring (bicyclic) bond motifs is 2. The quantitative estimate of drug-likeness (QED) is 0.886. The maximum atomic E-state index is 4.91. The Kier molecular flexibility index (Phi) is 3.02. The summed E-state index contributed by atoms with van der Waals surface area (Å²) in [7, 11) is 0. The molecule has 0 radical (unpaired) electrons. The molecular formula is C15H23N3. The van der Waals surface area contributed by atoms with Gasteiger partial charge in [-0.3, -0.25) is 0 Å². The van der Waals surface area contributed by atoms with Crippen molar-refractivity contribution in [3.63, 3.8) is 0 Å². The van der Waals surface area contributed by atoms with Crippen molar-refractivity contribution in [2.75, 3.05) is 18.0 Å². The summed E-state index contributed by atoms with van der Waals surface area (Å²) in [5.74, 6) is 1.75. The third-order valence-corrected chi connectivity index (χ3v) is 4.30. The normalized spacial score (nSPS) is 26.3. The first kappa shape index (κ1) is 12.0. The Labute approximate surface area is 110 Å². The zero-order valence-electron chi connectivity index (χ0n) is 11.6. The molecule has 3 rings (SSSR count). The number of aromatic nitrogens is 1. The Hall–Kier alpha value is -1.09. The van der Waals surface area contributed by atoms with Crippen LogP contribution in [0, 0.1) is 0 Å². The van der Waals surface area contributed by atoms with Crippen LogP contribution in [-0.4, -0.2) is 30.2 Å². The van der Waals surface area contributed by atoms with Crippen molar-refractivity contribution in [2.45, 2.75) is 51.6 Å². The summed E-state index contributed by atoms with van der Waals surface area (Å²) < 4.78 is 0. The molecule has 1 aromatic heterocycles. The van der Waals surface area contributed by atoms with E-state index in [4.69, 9.17) is 4.98 Å². The van der Waals surface area contributed by atoms with E-state index in [9.17, 15) is 0 Å². The average Bonchev–Trinajstić information content (AvgIpc) is 3.00. The van der Waals surface area contributed by atoms with Gasteiger partial charge in [0.2, 0.25) is 0 Å². The van der Waals surface area contributed by atoms with Gasteiger partial charge in [-0.2, -0.15) is 0 Å². The zero-order chi connectivity index (χ0) is 12.7. The Morgan fingerprint density at radius 2 is 2.28 bits per heavy atom. The SMILES string of the molecule is CCc1nc(N2C[C@@H]3C[C@H]2CN3)ccc1C(C)C. The molecule has 2 aliphatic rings. The molecule has 1 aromatic rings. The number of nitrogens with zero attached hydrogens (tertiary/aromatic N) is 2. The number of aryl methyl sites for hydroxylation is 1. The molecule has 0 spiro atoms. The van der Waals surface area contributed by atoms with Crippen molar-refractivity contribution in [2.24, 2.45) is 0 Å². The minimum absolute atomic E-state index is 0.568. The molecule has 2 bridgehead atoms. The van der Waals surface area contributed by atoms with Crippen LogP contribution in [0.15, 0.2) is 12.1 Å². The van der Waals surface area contributed by atoms with Crippen molar-refractivity contribution in [1.29, 1.82) is 0 Å². The molecule has 98 valence electrons. The lowest BCUT2D eigenvalue weighted by Gasteiger charge is -2.29. The van der Waals surface area contributed by atoms with Crippen LogP contribution in [0.3, 0.4) is 0 Å². The second-order valence-corrected chi connectivity index (χ2v) is 5.86. The van der Waals surface area contributed by atoms with E-state index in [2.05, 4.69) is 43.1 Å². The van der Waals surface area contributed by atoms with E-state index >= 15 is 0 Å². The third-order valence-electron chi connectivity index (χ3n) is 4.30. The van der Waals surface area contributed by atoms with Gasteiger partial charge >= 0.3 is 0 Å². The first-order chi connectivity index (χ1) is 8.69. The van der Waals surface area contributed by atoms with Crippen LogP contribution < -0.4 is 10.2 Å². The zero-order valence-corrected chi connectivity index (χ0v) is 11.6. The van der Waals surface area contributed by atoms with Crippen LogP contribution in [0.4, 0.5) is 5.82 Å². The largest absolute Gasteiger partial charge is 0.351 e. The Morgan fingerprint density at radius 3 is 2.83 bits per heavy atom. The average molecular weight is 245 g/mol. The molecule has 2 saturated heterocycles. The second kappa shape index (κ2) is 4.54. The molecule has 2 aliphatic heterocycles. The van der Waals surface area contributed by atoms with E-state index in [1.165, 1.54) is 23.5 Å². The van der Waals surface area contributed by atoms with Gasteiger partial charge < -0.3 is 10.2 Å².